The first kappa shape index (κ1) is 15.5. The van der Waals surface area contributed by atoms with Crippen LogP contribution in [-0.4, -0.2) is 57.4 Å². The molecular weight excluding hydrogens is 282 g/mol. The van der Waals surface area contributed by atoms with Gasteiger partial charge >= 0.3 is 5.97 Å². The Morgan fingerprint density at radius 1 is 1.32 bits per heavy atom. The van der Waals surface area contributed by atoms with Crippen LogP contribution < -0.4 is 5.32 Å². The van der Waals surface area contributed by atoms with Gasteiger partial charge in [0.05, 0.1) is 11.5 Å². The number of rotatable bonds is 5. The molecular formula is C13H23NO3S2. The molecule has 3 N–H and O–H groups in total. The van der Waals surface area contributed by atoms with E-state index >= 15 is 0 Å². The van der Waals surface area contributed by atoms with Crippen LogP contribution in [0.25, 0.3) is 0 Å². The largest absolute Gasteiger partial charge is 0.481 e. The Morgan fingerprint density at radius 3 is 2.63 bits per heavy atom. The fourth-order valence-electron chi connectivity index (χ4n) is 2.70. The van der Waals surface area contributed by atoms with Crippen LogP contribution in [0.3, 0.4) is 0 Å². The topological polar surface area (TPSA) is 69.6 Å². The molecule has 1 saturated carbocycles. The van der Waals surface area contributed by atoms with Gasteiger partial charge in [0.15, 0.2) is 0 Å². The summed E-state index contributed by atoms with van der Waals surface area (Å²) in [6.45, 7) is 1.55. The van der Waals surface area contributed by atoms with Gasteiger partial charge < -0.3 is 15.5 Å². The SMILES string of the molecule is O=C(O)C1CCC(O)(CNCC2CSCCS2)CC1. The highest BCUT2D eigenvalue weighted by molar-refractivity contribution is 8.06. The molecule has 0 bridgehead atoms. The van der Waals surface area contributed by atoms with Crippen molar-refractivity contribution in [1.29, 1.82) is 0 Å². The molecule has 0 aromatic carbocycles. The van der Waals surface area contributed by atoms with Crippen molar-refractivity contribution < 1.29 is 15.0 Å². The molecule has 1 aliphatic heterocycles. The standard InChI is InChI=1S/C13H23NO3S2/c15-12(16)10-1-3-13(17,4-2-10)9-14-7-11-8-18-5-6-19-11/h10-11,14,17H,1-9H2,(H,15,16). The smallest absolute Gasteiger partial charge is 0.306 e. The van der Waals surface area contributed by atoms with Crippen molar-refractivity contribution in [1.82, 2.24) is 5.32 Å². The van der Waals surface area contributed by atoms with Crippen molar-refractivity contribution in [2.75, 3.05) is 30.3 Å². The summed E-state index contributed by atoms with van der Waals surface area (Å²) in [6, 6.07) is 0. The number of thioether (sulfide) groups is 2. The summed E-state index contributed by atoms with van der Waals surface area (Å²) in [7, 11) is 0. The number of nitrogens with one attached hydrogen (secondary N) is 1. The molecule has 2 aliphatic rings. The molecule has 0 aromatic rings. The van der Waals surface area contributed by atoms with Gasteiger partial charge in [0.1, 0.15) is 0 Å². The van der Waals surface area contributed by atoms with Crippen LogP contribution in [0.5, 0.6) is 0 Å². The number of carboxylic acid groups (broad SMARTS) is 1. The third-order valence-electron chi connectivity index (χ3n) is 3.98. The molecule has 0 aromatic heterocycles. The number of aliphatic carboxylic acids is 1. The maximum atomic E-state index is 10.9. The molecule has 6 heteroatoms. The fourth-order valence-corrected chi connectivity index (χ4v) is 5.35. The third kappa shape index (κ3) is 4.85. The average molecular weight is 305 g/mol. The molecule has 1 unspecified atom stereocenters. The van der Waals surface area contributed by atoms with Crippen molar-refractivity contribution in [3.63, 3.8) is 0 Å². The van der Waals surface area contributed by atoms with Crippen LogP contribution in [-0.2, 0) is 4.79 Å². The summed E-state index contributed by atoms with van der Waals surface area (Å²) >= 11 is 4.01. The van der Waals surface area contributed by atoms with Gasteiger partial charge in [-0.15, -0.1) is 0 Å². The Balaban J connectivity index is 1.66. The lowest BCUT2D eigenvalue weighted by molar-refractivity contribution is -0.144. The highest BCUT2D eigenvalue weighted by Crippen LogP contribution is 2.32. The molecule has 0 radical (unpaired) electrons. The lowest BCUT2D eigenvalue weighted by Gasteiger charge is -2.35. The number of hydrogen-bond donors (Lipinski definition) is 3. The van der Waals surface area contributed by atoms with Gasteiger partial charge in [-0.1, -0.05) is 0 Å². The molecule has 1 aliphatic carbocycles. The van der Waals surface area contributed by atoms with Gasteiger partial charge in [0.2, 0.25) is 0 Å². The monoisotopic (exact) mass is 305 g/mol. The average Bonchev–Trinajstić information content (AvgIpc) is 2.40. The van der Waals surface area contributed by atoms with E-state index < -0.39 is 11.6 Å². The first-order valence-corrected chi connectivity index (χ1v) is 9.15. The van der Waals surface area contributed by atoms with Crippen LogP contribution in [0.4, 0.5) is 0 Å². The van der Waals surface area contributed by atoms with E-state index in [9.17, 15) is 9.90 Å². The summed E-state index contributed by atoms with van der Waals surface area (Å²) in [5.74, 6) is 2.69. The molecule has 1 atom stereocenters. The van der Waals surface area contributed by atoms with Crippen molar-refractivity contribution in [2.24, 2.45) is 5.92 Å². The number of hydrogen-bond acceptors (Lipinski definition) is 5. The lowest BCUT2D eigenvalue weighted by Crippen LogP contribution is -2.46. The Morgan fingerprint density at radius 2 is 2.05 bits per heavy atom. The van der Waals surface area contributed by atoms with Crippen molar-refractivity contribution >= 4 is 29.5 Å². The van der Waals surface area contributed by atoms with Crippen molar-refractivity contribution in [3.05, 3.63) is 0 Å². The van der Waals surface area contributed by atoms with E-state index in [0.29, 0.717) is 37.5 Å². The Labute approximate surface area is 123 Å². The highest BCUT2D eigenvalue weighted by atomic mass is 32.2. The van der Waals surface area contributed by atoms with E-state index in [1.165, 1.54) is 17.3 Å². The van der Waals surface area contributed by atoms with Gasteiger partial charge in [-0.2, -0.15) is 23.5 Å². The molecule has 2 rings (SSSR count). The normalized spacial score (nSPS) is 36.1. The first-order chi connectivity index (χ1) is 9.09. The Kier molecular flexibility index (Phi) is 5.87. The van der Waals surface area contributed by atoms with Crippen LogP contribution in [0, 0.1) is 5.92 Å². The Hall–Kier alpha value is 0.0900. The maximum Gasteiger partial charge on any atom is 0.306 e. The van der Waals surface area contributed by atoms with Crippen LogP contribution in [0.15, 0.2) is 0 Å². The second kappa shape index (κ2) is 7.20. The molecule has 0 amide bonds. The predicted octanol–water partition coefficient (Wildman–Crippen LogP) is 1.43. The molecule has 1 saturated heterocycles. The van der Waals surface area contributed by atoms with Crippen molar-refractivity contribution in [3.8, 4) is 0 Å². The van der Waals surface area contributed by atoms with Crippen LogP contribution >= 0.6 is 23.5 Å². The minimum atomic E-state index is -0.717. The molecule has 110 valence electrons. The maximum absolute atomic E-state index is 10.9. The zero-order valence-corrected chi connectivity index (χ0v) is 12.8. The minimum absolute atomic E-state index is 0.259. The summed E-state index contributed by atoms with van der Waals surface area (Å²) in [4.78, 5) is 10.9. The van der Waals surface area contributed by atoms with E-state index in [0.717, 1.165) is 6.54 Å². The Bertz CT molecular complexity index is 300. The van der Waals surface area contributed by atoms with E-state index in [1.807, 2.05) is 23.5 Å². The number of carbonyl (C=O) groups is 1. The predicted molar refractivity (Wildman–Crippen MR) is 81.0 cm³/mol. The van der Waals surface area contributed by atoms with Gasteiger partial charge in [-0.25, -0.2) is 0 Å². The molecule has 1 heterocycles. The number of aliphatic hydroxyl groups is 1. The molecule has 0 spiro atoms. The van der Waals surface area contributed by atoms with Crippen LogP contribution in [0.2, 0.25) is 0 Å². The molecule has 2 fully saturated rings. The summed E-state index contributed by atoms with van der Waals surface area (Å²) in [5.41, 5.74) is -0.696. The summed E-state index contributed by atoms with van der Waals surface area (Å²) < 4.78 is 0. The first-order valence-electron chi connectivity index (χ1n) is 6.94. The fraction of sp³-hybridized carbons (Fsp3) is 0.923. The van der Waals surface area contributed by atoms with E-state index in [2.05, 4.69) is 5.32 Å². The third-order valence-corrected chi connectivity index (χ3v) is 6.82. The van der Waals surface area contributed by atoms with Crippen LogP contribution in [0.1, 0.15) is 25.7 Å². The van der Waals surface area contributed by atoms with E-state index in [1.54, 1.807) is 0 Å². The van der Waals surface area contributed by atoms with Gasteiger partial charge in [0, 0.05) is 35.6 Å². The van der Waals surface area contributed by atoms with Gasteiger partial charge in [-0.3, -0.25) is 4.79 Å². The number of carboxylic acids is 1. The highest BCUT2D eigenvalue weighted by Gasteiger charge is 2.35. The summed E-state index contributed by atoms with van der Waals surface area (Å²) in [6.07, 6.45) is 2.40. The second-order valence-electron chi connectivity index (χ2n) is 5.54. The lowest BCUT2D eigenvalue weighted by atomic mass is 9.79. The van der Waals surface area contributed by atoms with Gasteiger partial charge in [0.25, 0.3) is 0 Å². The van der Waals surface area contributed by atoms with Gasteiger partial charge in [-0.05, 0) is 25.7 Å². The zero-order chi connectivity index (χ0) is 13.7. The van der Waals surface area contributed by atoms with Crippen molar-refractivity contribution in [2.45, 2.75) is 36.5 Å². The second-order valence-corrected chi connectivity index (χ2v) is 8.09. The minimum Gasteiger partial charge on any atom is -0.481 e. The molecule has 19 heavy (non-hydrogen) atoms. The zero-order valence-electron chi connectivity index (χ0n) is 11.1. The van der Waals surface area contributed by atoms with E-state index in [-0.39, 0.29) is 5.92 Å². The summed E-state index contributed by atoms with van der Waals surface area (Å²) in [5, 5.41) is 23.4. The molecule has 4 nitrogen and oxygen atoms in total. The van der Waals surface area contributed by atoms with E-state index in [4.69, 9.17) is 5.11 Å². The quantitative estimate of drug-likeness (QED) is 0.714.